The first-order chi connectivity index (χ1) is 14.4. The molecule has 0 radical (unpaired) electrons. The molecule has 9 heteroatoms. The molecular formula is C21H19F2N5O2. The fourth-order valence-corrected chi connectivity index (χ4v) is 4.04. The van der Waals surface area contributed by atoms with Crippen molar-refractivity contribution < 1.29 is 18.3 Å². The van der Waals surface area contributed by atoms with E-state index < -0.39 is 30.2 Å². The number of halogens is 2. The zero-order valence-electron chi connectivity index (χ0n) is 15.9. The molecule has 1 aromatic heterocycles. The molecule has 154 valence electrons. The number of hydrogen-bond donors (Lipinski definition) is 2. The molecule has 7 nitrogen and oxygen atoms in total. The second-order valence-corrected chi connectivity index (χ2v) is 7.29. The summed E-state index contributed by atoms with van der Waals surface area (Å²) in [6, 6.07) is 11.8. The first-order valence-corrected chi connectivity index (χ1v) is 9.47. The quantitative estimate of drug-likeness (QED) is 0.787. The number of pyridine rings is 1. The predicted octanol–water partition coefficient (Wildman–Crippen LogP) is 2.26. The third-order valence-corrected chi connectivity index (χ3v) is 5.48. The van der Waals surface area contributed by atoms with E-state index in [9.17, 15) is 4.79 Å². The summed E-state index contributed by atoms with van der Waals surface area (Å²) in [7, 11) is 0. The fourth-order valence-electron chi connectivity index (χ4n) is 4.04. The van der Waals surface area contributed by atoms with E-state index in [0.717, 1.165) is 5.56 Å². The van der Waals surface area contributed by atoms with Crippen LogP contribution in [0, 0.1) is 11.3 Å². The number of nitriles is 1. The highest BCUT2D eigenvalue weighted by molar-refractivity contribution is 5.98. The number of hydrogen-bond acceptors (Lipinski definition) is 6. The smallest absolute Gasteiger partial charge is 0.299 e. The summed E-state index contributed by atoms with van der Waals surface area (Å²) in [5.41, 5.74) is 5.32. The topological polar surface area (TPSA) is 113 Å². The molecule has 1 aromatic carbocycles. The zero-order valence-corrected chi connectivity index (χ0v) is 15.9. The van der Waals surface area contributed by atoms with Crippen LogP contribution in [0.25, 0.3) is 0 Å². The average molecular weight is 411 g/mol. The molecule has 1 spiro atoms. The zero-order chi connectivity index (χ0) is 21.4. The normalized spacial score (nSPS) is 24.8. The van der Waals surface area contributed by atoms with Gasteiger partial charge in [-0.1, -0.05) is 24.3 Å². The summed E-state index contributed by atoms with van der Waals surface area (Å²) in [6.45, 7) is -0.968. The number of carbonyl (C=O) groups excluding carboxylic acids is 1. The number of amidine groups is 1. The van der Waals surface area contributed by atoms with Crippen LogP contribution in [0.3, 0.4) is 0 Å². The second kappa shape index (κ2) is 7.46. The Morgan fingerprint density at radius 1 is 1.30 bits per heavy atom. The van der Waals surface area contributed by atoms with Gasteiger partial charge in [0.05, 0.1) is 5.56 Å². The number of nitrogens with two attached hydrogens (primary N) is 1. The lowest BCUT2D eigenvalue weighted by Gasteiger charge is -2.40. The van der Waals surface area contributed by atoms with Crippen LogP contribution >= 0.6 is 0 Å². The Hall–Kier alpha value is -3.38. The number of nitrogens with one attached hydrogen (secondary N) is 1. The van der Waals surface area contributed by atoms with E-state index in [1.807, 2.05) is 12.1 Å². The van der Waals surface area contributed by atoms with Crippen molar-refractivity contribution >= 4 is 11.7 Å². The van der Waals surface area contributed by atoms with Crippen molar-refractivity contribution in [2.45, 2.75) is 37.0 Å². The van der Waals surface area contributed by atoms with Gasteiger partial charge in [-0.3, -0.25) is 9.79 Å². The number of aryl methyl sites for hydroxylation is 1. The van der Waals surface area contributed by atoms with Gasteiger partial charge in [-0.15, -0.1) is 0 Å². The lowest BCUT2D eigenvalue weighted by atomic mass is 9.73. The van der Waals surface area contributed by atoms with Gasteiger partial charge in [0.1, 0.15) is 24.2 Å². The van der Waals surface area contributed by atoms with Crippen molar-refractivity contribution in [3.8, 4) is 6.07 Å². The SMILES string of the molecule is N#Cc1cccnc1C(=O)N[C@@H]1OCC(F)(F)C2(CCCc3ccccc32)N=C1N. The summed E-state index contributed by atoms with van der Waals surface area (Å²) in [4.78, 5) is 20.7. The molecule has 3 N–H and O–H groups in total. The van der Waals surface area contributed by atoms with E-state index in [2.05, 4.69) is 15.3 Å². The van der Waals surface area contributed by atoms with E-state index >= 15 is 8.78 Å². The molecule has 1 unspecified atom stereocenters. The van der Waals surface area contributed by atoms with E-state index in [0.29, 0.717) is 18.4 Å². The van der Waals surface area contributed by atoms with Crippen LogP contribution in [-0.2, 0) is 16.7 Å². The third-order valence-electron chi connectivity index (χ3n) is 5.48. The van der Waals surface area contributed by atoms with Crippen molar-refractivity contribution in [1.82, 2.24) is 10.3 Å². The van der Waals surface area contributed by atoms with Crippen LogP contribution in [0.2, 0.25) is 0 Å². The summed E-state index contributed by atoms with van der Waals surface area (Å²) in [5.74, 6) is -4.36. The molecule has 2 aromatic rings. The number of ether oxygens (including phenoxy) is 1. The molecule has 1 aliphatic heterocycles. The molecule has 1 aliphatic carbocycles. The van der Waals surface area contributed by atoms with Crippen molar-refractivity contribution in [2.75, 3.05) is 6.61 Å². The maximum absolute atomic E-state index is 15.4. The highest BCUT2D eigenvalue weighted by Crippen LogP contribution is 2.50. The molecule has 0 saturated carbocycles. The van der Waals surface area contributed by atoms with Gasteiger partial charge >= 0.3 is 0 Å². The van der Waals surface area contributed by atoms with Gasteiger partial charge in [-0.05, 0) is 42.5 Å². The number of rotatable bonds is 2. The molecule has 0 bridgehead atoms. The van der Waals surface area contributed by atoms with Gasteiger partial charge in [0, 0.05) is 6.20 Å². The number of carbonyl (C=O) groups is 1. The van der Waals surface area contributed by atoms with Crippen LogP contribution < -0.4 is 11.1 Å². The molecule has 1 amide bonds. The fraction of sp³-hybridized carbons (Fsp3) is 0.333. The van der Waals surface area contributed by atoms with Gasteiger partial charge in [0.2, 0.25) is 0 Å². The Kier molecular flexibility index (Phi) is 4.95. The van der Waals surface area contributed by atoms with E-state index in [4.69, 9.17) is 15.7 Å². The molecule has 0 saturated heterocycles. The Bertz CT molecular complexity index is 1070. The monoisotopic (exact) mass is 411 g/mol. The molecule has 0 fully saturated rings. The van der Waals surface area contributed by atoms with Gasteiger partial charge < -0.3 is 15.8 Å². The Balaban J connectivity index is 1.70. The minimum absolute atomic E-state index is 0.0436. The molecule has 4 rings (SSSR count). The lowest BCUT2D eigenvalue weighted by Crippen LogP contribution is -2.48. The van der Waals surface area contributed by atoms with E-state index in [-0.39, 0.29) is 23.5 Å². The first kappa shape index (κ1) is 19.9. The predicted molar refractivity (Wildman–Crippen MR) is 104 cm³/mol. The molecule has 2 heterocycles. The van der Waals surface area contributed by atoms with Crippen molar-refractivity contribution in [3.63, 3.8) is 0 Å². The summed E-state index contributed by atoms with van der Waals surface area (Å²) >= 11 is 0. The minimum atomic E-state index is -3.34. The maximum atomic E-state index is 15.4. The van der Waals surface area contributed by atoms with Crippen LogP contribution in [0.4, 0.5) is 8.78 Å². The number of nitrogens with zero attached hydrogens (tertiary/aromatic N) is 3. The highest BCUT2D eigenvalue weighted by Gasteiger charge is 2.58. The third kappa shape index (κ3) is 3.19. The second-order valence-electron chi connectivity index (χ2n) is 7.29. The van der Waals surface area contributed by atoms with Crippen LogP contribution in [0.15, 0.2) is 47.6 Å². The molecule has 2 atom stereocenters. The van der Waals surface area contributed by atoms with Gasteiger partial charge in [0.25, 0.3) is 11.8 Å². The summed E-state index contributed by atoms with van der Waals surface area (Å²) < 4.78 is 36.0. The van der Waals surface area contributed by atoms with Crippen LogP contribution in [0.5, 0.6) is 0 Å². The number of amides is 1. The highest BCUT2D eigenvalue weighted by atomic mass is 19.3. The molecule has 30 heavy (non-hydrogen) atoms. The van der Waals surface area contributed by atoms with Crippen molar-refractivity contribution in [3.05, 3.63) is 65.0 Å². The Morgan fingerprint density at radius 3 is 2.90 bits per heavy atom. The van der Waals surface area contributed by atoms with Crippen molar-refractivity contribution in [1.29, 1.82) is 5.26 Å². The summed E-state index contributed by atoms with van der Waals surface area (Å²) in [5, 5.41) is 11.6. The van der Waals surface area contributed by atoms with Gasteiger partial charge in [-0.2, -0.15) is 5.26 Å². The minimum Gasteiger partial charge on any atom is -0.384 e. The standard InChI is InChI=1S/C21H19F2N5O2/c22-21(23)12-30-19(27-18(29)16-14(11-24)7-4-10-26-16)17(25)28-20(21)9-3-6-13-5-1-2-8-15(13)20/h1-2,4-5,7-8,10,19H,3,6,9,12H2,(H2,25,28)(H,27,29)/t19-,20?/m1/s1. The number of aromatic nitrogens is 1. The van der Waals surface area contributed by atoms with Crippen molar-refractivity contribution in [2.24, 2.45) is 10.7 Å². The first-order valence-electron chi connectivity index (χ1n) is 9.47. The largest absolute Gasteiger partial charge is 0.384 e. The van der Waals surface area contributed by atoms with Crippen LogP contribution in [0.1, 0.15) is 40.0 Å². The molecular weight excluding hydrogens is 392 g/mol. The van der Waals surface area contributed by atoms with E-state index in [1.54, 1.807) is 18.2 Å². The number of benzene rings is 1. The van der Waals surface area contributed by atoms with Gasteiger partial charge in [0.15, 0.2) is 11.8 Å². The lowest BCUT2D eigenvalue weighted by molar-refractivity contribution is -0.136. The maximum Gasteiger partial charge on any atom is 0.299 e. The van der Waals surface area contributed by atoms with E-state index in [1.165, 1.54) is 18.3 Å². The molecule has 2 aliphatic rings. The Labute approximate surface area is 171 Å². The van der Waals surface area contributed by atoms with Gasteiger partial charge in [-0.25, -0.2) is 13.8 Å². The number of aliphatic imine (C=N–C) groups is 1. The number of alkyl halides is 2. The average Bonchev–Trinajstić information content (AvgIpc) is 2.84. The van der Waals surface area contributed by atoms with Crippen LogP contribution in [-0.4, -0.2) is 35.5 Å². The number of fused-ring (bicyclic) bond motifs is 2. The summed E-state index contributed by atoms with van der Waals surface area (Å²) in [6.07, 6.45) is 1.30. The Morgan fingerprint density at radius 2 is 2.10 bits per heavy atom.